The number of hydrogen-bond donors (Lipinski definition) is 0. The molecule has 1 heteroatoms. The molecular formula is C55H40O. The fraction of sp³-hybridized carbons (Fsp3) is 0.0545. The summed E-state index contributed by atoms with van der Waals surface area (Å²) in [5.41, 5.74) is 17.6. The van der Waals surface area contributed by atoms with Gasteiger partial charge in [0.1, 0.15) is 11.3 Å². The van der Waals surface area contributed by atoms with E-state index in [9.17, 15) is 0 Å². The van der Waals surface area contributed by atoms with E-state index < -0.39 is 0 Å². The maximum atomic E-state index is 6.84. The van der Waals surface area contributed by atoms with Crippen LogP contribution in [0.5, 0.6) is 0 Å². The highest BCUT2D eigenvalue weighted by Gasteiger charge is 2.21. The second kappa shape index (κ2) is 13.7. The number of rotatable bonds is 6. The topological polar surface area (TPSA) is 13.1 Å². The summed E-state index contributed by atoms with van der Waals surface area (Å²) < 4.78 is 6.84. The summed E-state index contributed by atoms with van der Waals surface area (Å²) >= 11 is 0. The Morgan fingerprint density at radius 1 is 0.268 bits per heavy atom. The number of furan rings is 1. The lowest BCUT2D eigenvalue weighted by atomic mass is 9.84. The molecule has 1 aromatic heterocycles. The van der Waals surface area contributed by atoms with E-state index in [2.05, 4.69) is 209 Å². The van der Waals surface area contributed by atoms with Gasteiger partial charge in [0.05, 0.1) is 0 Å². The van der Waals surface area contributed by atoms with Gasteiger partial charge in [0, 0.05) is 16.5 Å². The molecule has 0 aliphatic rings. The summed E-state index contributed by atoms with van der Waals surface area (Å²) in [6.45, 7) is 6.39. The van der Waals surface area contributed by atoms with Crippen molar-refractivity contribution in [1.29, 1.82) is 0 Å². The largest absolute Gasteiger partial charge is 0.455 e. The Hall–Kier alpha value is -6.96. The minimum Gasteiger partial charge on any atom is -0.455 e. The van der Waals surface area contributed by atoms with E-state index in [0.717, 1.165) is 44.5 Å². The molecule has 0 bridgehead atoms. The fourth-order valence-corrected chi connectivity index (χ4v) is 8.36. The van der Waals surface area contributed by atoms with Gasteiger partial charge in [-0.3, -0.25) is 0 Å². The van der Waals surface area contributed by atoms with Crippen molar-refractivity contribution in [3.63, 3.8) is 0 Å². The van der Waals surface area contributed by atoms with Gasteiger partial charge in [-0.05, 0) is 117 Å². The highest BCUT2D eigenvalue weighted by Crippen LogP contribution is 2.47. The second-order valence-corrected chi connectivity index (χ2v) is 15.1. The van der Waals surface area contributed by atoms with Gasteiger partial charge in [0.25, 0.3) is 0 Å². The Labute approximate surface area is 328 Å². The molecule has 0 aliphatic heterocycles. The molecule has 0 spiro atoms. The first-order chi connectivity index (χ1) is 27.5. The summed E-state index contributed by atoms with van der Waals surface area (Å²) in [6.07, 6.45) is 0. The fourth-order valence-electron chi connectivity index (χ4n) is 8.36. The standard InChI is InChI=1S/C55H40O/c1-35-14-20-38(21-15-35)43-26-29-46-49(32-43)52(39-10-6-4-7-11-39)47-30-27-44(33-50(47)53(46)40-12-8-5-9-13-40)45-28-31-48-51(34-45)56-55(42-24-18-37(3)19-25-42)54(48)41-22-16-36(2)17-23-41/h4-34H,1-3H3. The van der Waals surface area contributed by atoms with E-state index >= 15 is 0 Å². The zero-order valence-corrected chi connectivity index (χ0v) is 31.8. The van der Waals surface area contributed by atoms with Crippen molar-refractivity contribution in [3.8, 4) is 67.0 Å². The normalized spacial score (nSPS) is 11.5. The van der Waals surface area contributed by atoms with Crippen LogP contribution in [0.1, 0.15) is 16.7 Å². The summed E-state index contributed by atoms with van der Waals surface area (Å²) in [5, 5.41) is 6.05. The highest BCUT2D eigenvalue weighted by molar-refractivity contribution is 6.22. The average molecular weight is 717 g/mol. The van der Waals surface area contributed by atoms with Crippen molar-refractivity contribution in [2.24, 2.45) is 0 Å². The molecule has 10 aromatic rings. The summed E-state index contributed by atoms with van der Waals surface area (Å²) in [5.74, 6) is 0.898. The molecule has 0 unspecified atom stereocenters. The highest BCUT2D eigenvalue weighted by atomic mass is 16.3. The molecule has 0 N–H and O–H groups in total. The number of benzene rings is 9. The van der Waals surface area contributed by atoms with E-state index in [1.54, 1.807) is 0 Å². The number of hydrogen-bond acceptors (Lipinski definition) is 1. The van der Waals surface area contributed by atoms with Crippen LogP contribution >= 0.6 is 0 Å². The first-order valence-electron chi connectivity index (χ1n) is 19.4. The van der Waals surface area contributed by atoms with Crippen LogP contribution in [0.25, 0.3) is 99.5 Å². The molecule has 0 fully saturated rings. The molecule has 266 valence electrons. The summed E-state index contributed by atoms with van der Waals surface area (Å²) in [4.78, 5) is 0. The Morgan fingerprint density at radius 2 is 0.643 bits per heavy atom. The molecule has 0 saturated carbocycles. The van der Waals surface area contributed by atoms with Crippen LogP contribution in [-0.4, -0.2) is 0 Å². The van der Waals surface area contributed by atoms with Gasteiger partial charge in [-0.15, -0.1) is 0 Å². The van der Waals surface area contributed by atoms with Crippen LogP contribution in [0.2, 0.25) is 0 Å². The Bertz CT molecular complexity index is 3040. The molecule has 56 heavy (non-hydrogen) atoms. The summed E-state index contributed by atoms with van der Waals surface area (Å²) in [7, 11) is 0. The molecule has 0 aliphatic carbocycles. The Morgan fingerprint density at radius 3 is 1.14 bits per heavy atom. The zero-order valence-electron chi connectivity index (χ0n) is 31.8. The van der Waals surface area contributed by atoms with Gasteiger partial charge >= 0.3 is 0 Å². The van der Waals surface area contributed by atoms with Gasteiger partial charge < -0.3 is 4.42 Å². The van der Waals surface area contributed by atoms with E-state index in [1.807, 2.05) is 0 Å². The third-order valence-corrected chi connectivity index (χ3v) is 11.3. The maximum Gasteiger partial charge on any atom is 0.143 e. The molecule has 9 aromatic carbocycles. The summed E-state index contributed by atoms with van der Waals surface area (Å²) in [6, 6.07) is 68.7. The molecule has 0 radical (unpaired) electrons. The van der Waals surface area contributed by atoms with E-state index in [-0.39, 0.29) is 0 Å². The lowest BCUT2D eigenvalue weighted by Gasteiger charge is -2.19. The van der Waals surface area contributed by atoms with E-state index in [4.69, 9.17) is 4.42 Å². The minimum absolute atomic E-state index is 0.879. The molecule has 1 heterocycles. The predicted molar refractivity (Wildman–Crippen MR) is 238 cm³/mol. The van der Waals surface area contributed by atoms with Crippen molar-refractivity contribution < 1.29 is 4.42 Å². The van der Waals surface area contributed by atoms with Crippen molar-refractivity contribution in [1.82, 2.24) is 0 Å². The SMILES string of the molecule is Cc1ccc(-c2ccc3c(-c4ccccc4)c4cc(-c5ccc6c(-c7ccc(C)cc7)c(-c7ccc(C)cc7)oc6c5)ccc4c(-c4ccccc4)c3c2)cc1. The van der Waals surface area contributed by atoms with Crippen LogP contribution < -0.4 is 0 Å². The lowest BCUT2D eigenvalue weighted by molar-refractivity contribution is 0.632. The van der Waals surface area contributed by atoms with E-state index in [1.165, 1.54) is 71.6 Å². The van der Waals surface area contributed by atoms with Gasteiger partial charge in [0.15, 0.2) is 0 Å². The second-order valence-electron chi connectivity index (χ2n) is 15.1. The molecule has 0 atom stereocenters. The van der Waals surface area contributed by atoms with Crippen LogP contribution in [0.3, 0.4) is 0 Å². The Kier molecular flexibility index (Phi) is 8.23. The molecular weight excluding hydrogens is 677 g/mol. The third-order valence-electron chi connectivity index (χ3n) is 11.3. The van der Waals surface area contributed by atoms with Gasteiger partial charge in [0.2, 0.25) is 0 Å². The molecule has 10 rings (SSSR count). The molecule has 1 nitrogen and oxygen atoms in total. The third kappa shape index (κ3) is 5.90. The van der Waals surface area contributed by atoms with Crippen LogP contribution in [-0.2, 0) is 0 Å². The smallest absolute Gasteiger partial charge is 0.143 e. The lowest BCUT2D eigenvalue weighted by Crippen LogP contribution is -1.92. The van der Waals surface area contributed by atoms with Crippen LogP contribution in [0, 0.1) is 20.8 Å². The average Bonchev–Trinajstić information content (AvgIpc) is 3.62. The Balaban J connectivity index is 1.22. The number of fused-ring (bicyclic) bond motifs is 3. The predicted octanol–water partition coefficient (Wildman–Crippen LogP) is 15.7. The first-order valence-corrected chi connectivity index (χ1v) is 19.4. The van der Waals surface area contributed by atoms with E-state index in [0.29, 0.717) is 0 Å². The van der Waals surface area contributed by atoms with Crippen molar-refractivity contribution in [2.75, 3.05) is 0 Å². The number of aryl methyl sites for hydroxylation is 3. The van der Waals surface area contributed by atoms with Crippen molar-refractivity contribution in [3.05, 3.63) is 205 Å². The van der Waals surface area contributed by atoms with Gasteiger partial charge in [-0.1, -0.05) is 180 Å². The molecule has 0 amide bonds. The monoisotopic (exact) mass is 716 g/mol. The minimum atomic E-state index is 0.879. The van der Waals surface area contributed by atoms with Gasteiger partial charge in [-0.2, -0.15) is 0 Å². The van der Waals surface area contributed by atoms with Crippen LogP contribution in [0.4, 0.5) is 0 Å². The molecule has 0 saturated heterocycles. The van der Waals surface area contributed by atoms with Crippen LogP contribution in [0.15, 0.2) is 192 Å². The zero-order chi connectivity index (χ0) is 37.8. The van der Waals surface area contributed by atoms with Crippen molar-refractivity contribution >= 4 is 32.5 Å². The first kappa shape index (κ1) is 33.6. The quantitative estimate of drug-likeness (QED) is 0.156. The maximum absolute atomic E-state index is 6.84. The van der Waals surface area contributed by atoms with Gasteiger partial charge in [-0.25, -0.2) is 0 Å². The van der Waals surface area contributed by atoms with Crippen molar-refractivity contribution in [2.45, 2.75) is 20.8 Å².